The van der Waals surface area contributed by atoms with E-state index in [-0.39, 0.29) is 17.3 Å². The minimum absolute atomic E-state index is 0.0376. The fourth-order valence-electron chi connectivity index (χ4n) is 2.61. The average Bonchev–Trinajstić information content (AvgIpc) is 2.63. The molecule has 1 saturated heterocycles. The highest BCUT2D eigenvalue weighted by Crippen LogP contribution is 2.49. The molecule has 0 spiro atoms. The van der Waals surface area contributed by atoms with E-state index in [1.807, 2.05) is 6.92 Å². The molecule has 1 aliphatic carbocycles. The van der Waals surface area contributed by atoms with Crippen LogP contribution < -0.4 is 5.73 Å². The Morgan fingerprint density at radius 1 is 1.57 bits per heavy atom. The van der Waals surface area contributed by atoms with E-state index in [2.05, 4.69) is 0 Å². The summed E-state index contributed by atoms with van der Waals surface area (Å²) in [5.41, 5.74) is 5.96. The van der Waals surface area contributed by atoms with Gasteiger partial charge in [0.1, 0.15) is 0 Å². The molecule has 80 valence electrons. The molecule has 0 aromatic carbocycles. The zero-order valence-electron chi connectivity index (χ0n) is 8.44. The van der Waals surface area contributed by atoms with Crippen LogP contribution in [-0.4, -0.2) is 23.2 Å². The van der Waals surface area contributed by atoms with E-state index in [9.17, 15) is 4.79 Å². The molecule has 1 heterocycles. The standard InChI is InChI=1S/C10H17NO2S/c1-2-13-10(12)8-6-4-3-5-7(6)14-9(8)11/h6-9H,2-5,11H2,1H3. The molecule has 4 unspecified atom stereocenters. The molecule has 14 heavy (non-hydrogen) atoms. The van der Waals surface area contributed by atoms with Crippen molar-refractivity contribution in [3.8, 4) is 0 Å². The van der Waals surface area contributed by atoms with Gasteiger partial charge in [0.15, 0.2) is 0 Å². The van der Waals surface area contributed by atoms with E-state index in [1.54, 1.807) is 11.8 Å². The fourth-order valence-corrected chi connectivity index (χ4v) is 4.31. The average molecular weight is 215 g/mol. The number of fused-ring (bicyclic) bond motifs is 1. The van der Waals surface area contributed by atoms with Gasteiger partial charge >= 0.3 is 5.97 Å². The lowest BCUT2D eigenvalue weighted by atomic mass is 9.91. The van der Waals surface area contributed by atoms with Crippen molar-refractivity contribution in [2.45, 2.75) is 36.8 Å². The second-order valence-electron chi connectivity index (χ2n) is 4.01. The maximum absolute atomic E-state index is 11.7. The Labute approximate surface area is 88.8 Å². The van der Waals surface area contributed by atoms with Crippen molar-refractivity contribution < 1.29 is 9.53 Å². The molecule has 0 amide bonds. The Morgan fingerprint density at radius 2 is 2.36 bits per heavy atom. The molecule has 1 aliphatic heterocycles. The summed E-state index contributed by atoms with van der Waals surface area (Å²) in [5.74, 6) is 0.350. The van der Waals surface area contributed by atoms with Crippen LogP contribution in [0.15, 0.2) is 0 Å². The number of nitrogens with two attached hydrogens (primary N) is 1. The predicted molar refractivity (Wildman–Crippen MR) is 56.8 cm³/mol. The lowest BCUT2D eigenvalue weighted by molar-refractivity contribution is -0.149. The van der Waals surface area contributed by atoms with Crippen LogP contribution in [0.5, 0.6) is 0 Å². The molecule has 3 nitrogen and oxygen atoms in total. The third-order valence-corrected chi connectivity index (χ3v) is 4.75. The summed E-state index contributed by atoms with van der Waals surface area (Å²) in [6, 6.07) is 0. The third-order valence-electron chi connectivity index (χ3n) is 3.21. The summed E-state index contributed by atoms with van der Waals surface area (Å²) < 4.78 is 5.07. The highest BCUT2D eigenvalue weighted by molar-refractivity contribution is 8.00. The second-order valence-corrected chi connectivity index (χ2v) is 5.43. The summed E-state index contributed by atoms with van der Waals surface area (Å²) in [5, 5.41) is 0.573. The van der Waals surface area contributed by atoms with E-state index in [0.29, 0.717) is 17.8 Å². The number of carbonyl (C=O) groups excluding carboxylic acids is 1. The maximum atomic E-state index is 11.7. The SMILES string of the molecule is CCOC(=O)C1C(N)SC2CCCC21. The molecule has 0 aromatic rings. The van der Waals surface area contributed by atoms with Gasteiger partial charge in [0, 0.05) is 5.25 Å². The zero-order valence-corrected chi connectivity index (χ0v) is 9.26. The summed E-state index contributed by atoms with van der Waals surface area (Å²) in [6.07, 6.45) is 3.61. The lowest BCUT2D eigenvalue weighted by Gasteiger charge is -2.18. The zero-order chi connectivity index (χ0) is 10.1. The van der Waals surface area contributed by atoms with Crippen molar-refractivity contribution in [3.05, 3.63) is 0 Å². The van der Waals surface area contributed by atoms with Crippen LogP contribution in [0.3, 0.4) is 0 Å². The summed E-state index contributed by atoms with van der Waals surface area (Å²) >= 11 is 1.78. The van der Waals surface area contributed by atoms with Crippen LogP contribution in [0.2, 0.25) is 0 Å². The van der Waals surface area contributed by atoms with E-state index >= 15 is 0 Å². The normalized spacial score (nSPS) is 41.0. The molecular weight excluding hydrogens is 198 g/mol. The Morgan fingerprint density at radius 3 is 3.07 bits per heavy atom. The van der Waals surface area contributed by atoms with Gasteiger partial charge in [-0.05, 0) is 25.7 Å². The quantitative estimate of drug-likeness (QED) is 0.707. The molecule has 2 fully saturated rings. The van der Waals surface area contributed by atoms with Gasteiger partial charge in [-0.2, -0.15) is 0 Å². The van der Waals surface area contributed by atoms with Gasteiger partial charge in [-0.1, -0.05) is 6.42 Å². The maximum Gasteiger partial charge on any atom is 0.311 e. The number of rotatable bonds is 2. The Bertz CT molecular complexity index is 234. The number of hydrogen-bond acceptors (Lipinski definition) is 4. The Kier molecular flexibility index (Phi) is 3.02. The van der Waals surface area contributed by atoms with E-state index in [0.717, 1.165) is 6.42 Å². The van der Waals surface area contributed by atoms with Crippen LogP contribution >= 0.6 is 11.8 Å². The van der Waals surface area contributed by atoms with Crippen molar-refractivity contribution >= 4 is 17.7 Å². The molecule has 4 heteroatoms. The molecule has 0 radical (unpaired) electrons. The number of carbonyl (C=O) groups is 1. The number of hydrogen-bond donors (Lipinski definition) is 1. The summed E-state index contributed by atoms with van der Waals surface area (Å²) in [6.45, 7) is 2.31. The molecule has 2 aliphatic rings. The van der Waals surface area contributed by atoms with Crippen molar-refractivity contribution in [3.63, 3.8) is 0 Å². The predicted octanol–water partition coefficient (Wildman–Crippen LogP) is 1.37. The highest BCUT2D eigenvalue weighted by atomic mass is 32.2. The van der Waals surface area contributed by atoms with Crippen LogP contribution in [0.25, 0.3) is 0 Å². The first-order chi connectivity index (χ1) is 6.74. The molecule has 2 rings (SSSR count). The monoisotopic (exact) mass is 215 g/mol. The first-order valence-electron chi connectivity index (χ1n) is 5.31. The first kappa shape index (κ1) is 10.3. The Hall–Kier alpha value is -0.220. The molecule has 4 atom stereocenters. The highest BCUT2D eigenvalue weighted by Gasteiger charge is 2.48. The van der Waals surface area contributed by atoms with E-state index in [1.165, 1.54) is 12.8 Å². The largest absolute Gasteiger partial charge is 0.466 e. The number of thioether (sulfide) groups is 1. The van der Waals surface area contributed by atoms with E-state index in [4.69, 9.17) is 10.5 Å². The van der Waals surface area contributed by atoms with Gasteiger partial charge in [-0.3, -0.25) is 4.79 Å². The minimum atomic E-state index is -0.0816. The smallest absolute Gasteiger partial charge is 0.311 e. The van der Waals surface area contributed by atoms with Crippen LogP contribution in [0, 0.1) is 11.8 Å². The van der Waals surface area contributed by atoms with Crippen molar-refractivity contribution in [1.29, 1.82) is 0 Å². The molecule has 0 aromatic heterocycles. The van der Waals surface area contributed by atoms with Gasteiger partial charge < -0.3 is 10.5 Å². The van der Waals surface area contributed by atoms with Crippen LogP contribution in [0.1, 0.15) is 26.2 Å². The van der Waals surface area contributed by atoms with Crippen molar-refractivity contribution in [1.82, 2.24) is 0 Å². The number of ether oxygens (including phenoxy) is 1. The topological polar surface area (TPSA) is 52.3 Å². The third kappa shape index (κ3) is 1.65. The molecule has 1 saturated carbocycles. The van der Waals surface area contributed by atoms with E-state index < -0.39 is 0 Å². The fraction of sp³-hybridized carbons (Fsp3) is 0.900. The molecular formula is C10H17NO2S. The van der Waals surface area contributed by atoms with Gasteiger partial charge in [0.2, 0.25) is 0 Å². The van der Waals surface area contributed by atoms with Crippen molar-refractivity contribution in [2.75, 3.05) is 6.61 Å². The van der Waals surface area contributed by atoms with Crippen molar-refractivity contribution in [2.24, 2.45) is 17.6 Å². The molecule has 0 bridgehead atoms. The number of esters is 1. The van der Waals surface area contributed by atoms with Crippen LogP contribution in [-0.2, 0) is 9.53 Å². The summed E-state index contributed by atoms with van der Waals surface area (Å²) in [7, 11) is 0. The minimum Gasteiger partial charge on any atom is -0.466 e. The van der Waals surface area contributed by atoms with Gasteiger partial charge in [-0.15, -0.1) is 11.8 Å². The van der Waals surface area contributed by atoms with Crippen LogP contribution in [0.4, 0.5) is 0 Å². The lowest BCUT2D eigenvalue weighted by Crippen LogP contribution is -2.34. The molecule has 2 N–H and O–H groups in total. The second kappa shape index (κ2) is 4.11. The Balaban J connectivity index is 2.05. The first-order valence-corrected chi connectivity index (χ1v) is 6.26. The summed E-state index contributed by atoms with van der Waals surface area (Å²) in [4.78, 5) is 11.7. The van der Waals surface area contributed by atoms with Gasteiger partial charge in [-0.25, -0.2) is 0 Å². The van der Waals surface area contributed by atoms with Gasteiger partial charge in [0.25, 0.3) is 0 Å². The van der Waals surface area contributed by atoms with Gasteiger partial charge in [0.05, 0.1) is 17.9 Å².